The highest BCUT2D eigenvalue weighted by atomic mass is 16.6. The van der Waals surface area contributed by atoms with Crippen LogP contribution in [0.15, 0.2) is 18.2 Å². The van der Waals surface area contributed by atoms with Crippen molar-refractivity contribution in [1.29, 1.82) is 0 Å². The Morgan fingerprint density at radius 3 is 2.78 bits per heavy atom. The first kappa shape index (κ1) is 14.4. The second kappa shape index (κ2) is 6.96. The Kier molecular flexibility index (Phi) is 5.58. The van der Waals surface area contributed by atoms with E-state index >= 15 is 0 Å². The summed E-state index contributed by atoms with van der Waals surface area (Å²) in [5.41, 5.74) is 0.743. The number of nitro groups is 1. The lowest BCUT2D eigenvalue weighted by molar-refractivity contribution is -0.385. The second-order valence-electron chi connectivity index (χ2n) is 4.32. The Balaban J connectivity index is 2.44. The van der Waals surface area contributed by atoms with E-state index in [0.717, 1.165) is 13.0 Å². The first-order valence-electron chi connectivity index (χ1n) is 6.15. The Morgan fingerprint density at radius 2 is 2.22 bits per heavy atom. The fourth-order valence-electron chi connectivity index (χ4n) is 1.54. The Morgan fingerprint density at radius 1 is 1.50 bits per heavy atom. The number of rotatable bonds is 7. The SMILES string of the molecule is CC[C@H](C)NCCOc1ccc([N+](=O)[O-])c(C)c1. The van der Waals surface area contributed by atoms with Gasteiger partial charge in [-0.2, -0.15) is 0 Å². The van der Waals surface area contributed by atoms with Crippen LogP contribution in [-0.4, -0.2) is 24.1 Å². The van der Waals surface area contributed by atoms with Crippen LogP contribution in [0.5, 0.6) is 5.75 Å². The highest BCUT2D eigenvalue weighted by molar-refractivity contribution is 5.44. The fourth-order valence-corrected chi connectivity index (χ4v) is 1.54. The molecule has 0 aliphatic heterocycles. The van der Waals surface area contributed by atoms with E-state index in [0.29, 0.717) is 24.0 Å². The number of aryl methyl sites for hydroxylation is 1. The van der Waals surface area contributed by atoms with Gasteiger partial charge in [0.1, 0.15) is 12.4 Å². The maximum atomic E-state index is 10.7. The Bertz CT molecular complexity index is 407. The molecule has 0 amide bonds. The summed E-state index contributed by atoms with van der Waals surface area (Å²) in [7, 11) is 0. The third-order valence-corrected chi connectivity index (χ3v) is 2.84. The van der Waals surface area contributed by atoms with Crippen molar-refractivity contribution in [2.75, 3.05) is 13.2 Å². The Hall–Kier alpha value is -1.62. The molecule has 5 heteroatoms. The quantitative estimate of drug-likeness (QED) is 0.460. The van der Waals surface area contributed by atoms with E-state index in [1.54, 1.807) is 19.1 Å². The van der Waals surface area contributed by atoms with Gasteiger partial charge in [0.2, 0.25) is 0 Å². The summed E-state index contributed by atoms with van der Waals surface area (Å²) in [5.74, 6) is 0.670. The van der Waals surface area contributed by atoms with Gasteiger partial charge in [0.05, 0.1) is 4.92 Å². The van der Waals surface area contributed by atoms with Crippen LogP contribution in [0.1, 0.15) is 25.8 Å². The molecule has 0 bridgehead atoms. The van der Waals surface area contributed by atoms with Crippen LogP contribution >= 0.6 is 0 Å². The van der Waals surface area contributed by atoms with Gasteiger partial charge < -0.3 is 10.1 Å². The zero-order valence-corrected chi connectivity index (χ0v) is 11.1. The molecule has 0 aromatic heterocycles. The first-order chi connectivity index (χ1) is 8.54. The van der Waals surface area contributed by atoms with Crippen molar-refractivity contribution in [3.63, 3.8) is 0 Å². The topological polar surface area (TPSA) is 64.4 Å². The van der Waals surface area contributed by atoms with Crippen LogP contribution in [0.2, 0.25) is 0 Å². The van der Waals surface area contributed by atoms with Gasteiger partial charge in [-0.3, -0.25) is 10.1 Å². The van der Waals surface area contributed by atoms with Crippen LogP contribution < -0.4 is 10.1 Å². The standard InChI is InChI=1S/C13H20N2O3/c1-4-11(3)14-7-8-18-12-5-6-13(15(16)17)10(2)9-12/h5-6,9,11,14H,4,7-8H2,1-3H3/t11-/m0/s1. The molecule has 0 heterocycles. The number of hydrogen-bond donors (Lipinski definition) is 1. The summed E-state index contributed by atoms with van der Waals surface area (Å²) in [6.45, 7) is 7.28. The van der Waals surface area contributed by atoms with E-state index in [1.807, 2.05) is 0 Å². The summed E-state index contributed by atoms with van der Waals surface area (Å²) in [5, 5.41) is 14.0. The van der Waals surface area contributed by atoms with E-state index in [2.05, 4.69) is 19.2 Å². The number of nitrogens with zero attached hydrogens (tertiary/aromatic N) is 1. The molecule has 100 valence electrons. The number of nitro benzene ring substituents is 1. The molecule has 0 spiro atoms. The van der Waals surface area contributed by atoms with Gasteiger partial charge in [-0.05, 0) is 32.4 Å². The van der Waals surface area contributed by atoms with Gasteiger partial charge in [0, 0.05) is 24.2 Å². The highest BCUT2D eigenvalue weighted by Gasteiger charge is 2.10. The van der Waals surface area contributed by atoms with Crippen LogP contribution in [-0.2, 0) is 0 Å². The normalized spacial score (nSPS) is 12.2. The van der Waals surface area contributed by atoms with Crippen LogP contribution in [0.3, 0.4) is 0 Å². The van der Waals surface area contributed by atoms with Crippen LogP contribution in [0.4, 0.5) is 5.69 Å². The van der Waals surface area contributed by atoms with Crippen molar-refractivity contribution in [2.45, 2.75) is 33.2 Å². The van der Waals surface area contributed by atoms with Gasteiger partial charge in [0.25, 0.3) is 5.69 Å². The zero-order chi connectivity index (χ0) is 13.5. The average molecular weight is 252 g/mol. The van der Waals surface area contributed by atoms with Gasteiger partial charge in [-0.25, -0.2) is 0 Å². The van der Waals surface area contributed by atoms with Crippen molar-refractivity contribution in [1.82, 2.24) is 5.32 Å². The lowest BCUT2D eigenvalue weighted by Crippen LogP contribution is -2.29. The molecule has 1 aromatic rings. The molecular weight excluding hydrogens is 232 g/mol. The summed E-state index contributed by atoms with van der Waals surface area (Å²) >= 11 is 0. The number of hydrogen-bond acceptors (Lipinski definition) is 4. The largest absolute Gasteiger partial charge is 0.492 e. The minimum atomic E-state index is -0.385. The maximum Gasteiger partial charge on any atom is 0.272 e. The molecule has 1 N–H and O–H groups in total. The molecule has 5 nitrogen and oxygen atoms in total. The van der Waals surface area contributed by atoms with Gasteiger partial charge in [-0.15, -0.1) is 0 Å². The van der Waals surface area contributed by atoms with Crippen molar-refractivity contribution in [3.05, 3.63) is 33.9 Å². The highest BCUT2D eigenvalue weighted by Crippen LogP contribution is 2.22. The van der Waals surface area contributed by atoms with Gasteiger partial charge in [-0.1, -0.05) is 6.92 Å². The molecule has 0 aliphatic rings. The monoisotopic (exact) mass is 252 g/mol. The van der Waals surface area contributed by atoms with Crippen molar-refractivity contribution in [2.24, 2.45) is 0 Å². The lowest BCUT2D eigenvalue weighted by Gasteiger charge is -2.12. The summed E-state index contributed by atoms with van der Waals surface area (Å²) in [4.78, 5) is 10.3. The summed E-state index contributed by atoms with van der Waals surface area (Å²) < 4.78 is 5.53. The van der Waals surface area contributed by atoms with E-state index < -0.39 is 0 Å². The molecule has 1 aromatic carbocycles. The zero-order valence-electron chi connectivity index (χ0n) is 11.1. The van der Waals surface area contributed by atoms with Crippen molar-refractivity contribution < 1.29 is 9.66 Å². The number of nitrogens with one attached hydrogen (secondary N) is 1. The molecule has 1 rings (SSSR count). The molecule has 0 fully saturated rings. The number of ether oxygens (including phenoxy) is 1. The predicted molar refractivity (Wildman–Crippen MR) is 71.1 cm³/mol. The molecule has 18 heavy (non-hydrogen) atoms. The fraction of sp³-hybridized carbons (Fsp3) is 0.538. The van der Waals surface area contributed by atoms with Crippen LogP contribution in [0, 0.1) is 17.0 Å². The average Bonchev–Trinajstić information content (AvgIpc) is 2.34. The maximum absolute atomic E-state index is 10.7. The molecule has 0 aliphatic carbocycles. The summed E-state index contributed by atoms with van der Waals surface area (Å²) in [6, 6.07) is 5.29. The van der Waals surface area contributed by atoms with E-state index in [1.165, 1.54) is 6.07 Å². The molecule has 0 radical (unpaired) electrons. The smallest absolute Gasteiger partial charge is 0.272 e. The van der Waals surface area contributed by atoms with Gasteiger partial charge in [0.15, 0.2) is 0 Å². The molecule has 0 saturated heterocycles. The van der Waals surface area contributed by atoms with Crippen LogP contribution in [0.25, 0.3) is 0 Å². The summed E-state index contributed by atoms with van der Waals surface area (Å²) in [6.07, 6.45) is 1.08. The van der Waals surface area contributed by atoms with E-state index in [-0.39, 0.29) is 10.6 Å². The third kappa shape index (κ3) is 4.33. The van der Waals surface area contributed by atoms with Crippen molar-refractivity contribution >= 4 is 5.69 Å². The van der Waals surface area contributed by atoms with Crippen molar-refractivity contribution in [3.8, 4) is 5.75 Å². The van der Waals surface area contributed by atoms with E-state index in [9.17, 15) is 10.1 Å². The van der Waals surface area contributed by atoms with Gasteiger partial charge >= 0.3 is 0 Å². The molecule has 1 atom stereocenters. The minimum absolute atomic E-state index is 0.125. The lowest BCUT2D eigenvalue weighted by atomic mass is 10.2. The second-order valence-corrected chi connectivity index (χ2v) is 4.32. The first-order valence-corrected chi connectivity index (χ1v) is 6.15. The van der Waals surface area contributed by atoms with E-state index in [4.69, 9.17) is 4.74 Å². The molecule has 0 unspecified atom stereocenters. The minimum Gasteiger partial charge on any atom is -0.492 e. The third-order valence-electron chi connectivity index (χ3n) is 2.84. The molecule has 0 saturated carbocycles. The molecular formula is C13H20N2O3. The predicted octanol–water partition coefficient (Wildman–Crippen LogP) is 2.67. The Labute approximate surface area is 107 Å². The number of benzene rings is 1.